The molecule has 1 N–H and O–H groups in total. The molecule has 1 heterocycles. The number of benzene rings is 1. The number of hydrogen-bond acceptors (Lipinski definition) is 5. The van der Waals surface area contributed by atoms with E-state index < -0.39 is 0 Å². The summed E-state index contributed by atoms with van der Waals surface area (Å²) in [6.07, 6.45) is 2.82. The highest BCUT2D eigenvalue weighted by Crippen LogP contribution is 2.25. The Kier molecular flexibility index (Phi) is 4.66. The lowest BCUT2D eigenvalue weighted by atomic mass is 10.1. The van der Waals surface area contributed by atoms with Crippen LogP contribution in [0.4, 0.5) is 0 Å². The minimum absolute atomic E-state index is 0.144. The number of aromatic nitrogens is 2. The third-order valence-electron chi connectivity index (χ3n) is 2.64. The fourth-order valence-corrected chi connectivity index (χ4v) is 2.39. The van der Waals surface area contributed by atoms with Crippen molar-refractivity contribution >= 4 is 11.5 Å². The summed E-state index contributed by atoms with van der Waals surface area (Å²) in [6.45, 7) is 2.86. The van der Waals surface area contributed by atoms with E-state index in [9.17, 15) is 0 Å². The van der Waals surface area contributed by atoms with Crippen LogP contribution in [0.3, 0.4) is 0 Å². The average Bonchev–Trinajstić information content (AvgIpc) is 2.93. The maximum absolute atomic E-state index is 5.57. The first-order valence-corrected chi connectivity index (χ1v) is 6.79. The topological polar surface area (TPSA) is 47.0 Å². The van der Waals surface area contributed by atoms with E-state index in [2.05, 4.69) is 34.0 Å². The van der Waals surface area contributed by atoms with Crippen LogP contribution in [0, 0.1) is 0 Å². The minimum atomic E-state index is 0.144. The highest BCUT2D eigenvalue weighted by Gasteiger charge is 2.14. The number of hydrogen-bond donors (Lipinski definition) is 1. The summed E-state index contributed by atoms with van der Waals surface area (Å²) in [4.78, 5) is 1.11. The largest absolute Gasteiger partial charge is 0.494 e. The van der Waals surface area contributed by atoms with E-state index in [1.54, 1.807) is 6.20 Å². The van der Waals surface area contributed by atoms with Crippen molar-refractivity contribution in [2.75, 3.05) is 13.7 Å². The van der Waals surface area contributed by atoms with E-state index in [0.29, 0.717) is 0 Å². The molecule has 1 aromatic carbocycles. The van der Waals surface area contributed by atoms with E-state index in [-0.39, 0.29) is 6.04 Å². The fraction of sp³-hybridized carbons (Fsp3) is 0.385. The molecule has 0 saturated heterocycles. The van der Waals surface area contributed by atoms with Crippen molar-refractivity contribution in [3.05, 3.63) is 40.9 Å². The van der Waals surface area contributed by atoms with E-state index in [1.165, 1.54) is 17.1 Å². The molecule has 0 aliphatic carbocycles. The van der Waals surface area contributed by atoms with Crippen LogP contribution in [-0.4, -0.2) is 23.2 Å². The maximum atomic E-state index is 5.57. The van der Waals surface area contributed by atoms with Gasteiger partial charge in [0.05, 0.1) is 23.7 Å². The van der Waals surface area contributed by atoms with Crippen LogP contribution in [0.2, 0.25) is 0 Å². The van der Waals surface area contributed by atoms with Gasteiger partial charge in [0.1, 0.15) is 5.75 Å². The van der Waals surface area contributed by atoms with Crippen molar-refractivity contribution in [3.8, 4) is 5.75 Å². The molecule has 1 unspecified atom stereocenters. The molecule has 96 valence electrons. The summed E-state index contributed by atoms with van der Waals surface area (Å²) in [7, 11) is 1.94. The van der Waals surface area contributed by atoms with Crippen molar-refractivity contribution < 1.29 is 4.74 Å². The zero-order valence-corrected chi connectivity index (χ0v) is 11.4. The highest BCUT2D eigenvalue weighted by atomic mass is 32.1. The Labute approximate surface area is 111 Å². The zero-order valence-electron chi connectivity index (χ0n) is 10.6. The molecular weight excluding hydrogens is 246 g/mol. The van der Waals surface area contributed by atoms with Crippen molar-refractivity contribution in [2.24, 2.45) is 0 Å². The first kappa shape index (κ1) is 13.0. The Bertz CT molecular complexity index is 456. The van der Waals surface area contributed by atoms with Gasteiger partial charge in [0, 0.05) is 0 Å². The van der Waals surface area contributed by atoms with Gasteiger partial charge in [-0.2, -0.15) is 0 Å². The van der Waals surface area contributed by atoms with E-state index in [0.717, 1.165) is 23.7 Å². The smallest absolute Gasteiger partial charge is 0.119 e. The predicted octanol–water partition coefficient (Wildman–Crippen LogP) is 2.64. The van der Waals surface area contributed by atoms with Gasteiger partial charge in [0.2, 0.25) is 0 Å². The lowest BCUT2D eigenvalue weighted by Gasteiger charge is -2.14. The van der Waals surface area contributed by atoms with Crippen LogP contribution in [0.5, 0.6) is 5.75 Å². The molecule has 1 aromatic heterocycles. The highest BCUT2D eigenvalue weighted by molar-refractivity contribution is 7.05. The second-order valence-electron chi connectivity index (χ2n) is 3.96. The third kappa shape index (κ3) is 3.05. The zero-order chi connectivity index (χ0) is 12.8. The van der Waals surface area contributed by atoms with Gasteiger partial charge < -0.3 is 10.1 Å². The molecule has 0 aliphatic rings. The monoisotopic (exact) mass is 263 g/mol. The molecule has 0 bridgehead atoms. The normalized spacial score (nSPS) is 12.3. The van der Waals surface area contributed by atoms with Crippen molar-refractivity contribution in [2.45, 2.75) is 19.4 Å². The molecule has 18 heavy (non-hydrogen) atoms. The first-order valence-electron chi connectivity index (χ1n) is 6.02. The summed E-state index contributed by atoms with van der Waals surface area (Å²) in [5.41, 5.74) is 1.19. The fourth-order valence-electron chi connectivity index (χ4n) is 1.75. The number of nitrogens with zero attached hydrogens (tertiary/aromatic N) is 2. The Hall–Kier alpha value is -1.46. The predicted molar refractivity (Wildman–Crippen MR) is 73.0 cm³/mol. The molecule has 2 rings (SSSR count). The number of ether oxygens (including phenoxy) is 1. The van der Waals surface area contributed by atoms with Gasteiger partial charge in [-0.25, -0.2) is 0 Å². The van der Waals surface area contributed by atoms with Gasteiger partial charge in [0.15, 0.2) is 0 Å². The standard InChI is InChI=1S/C13H17N3OS/c1-3-8-17-11-6-4-10(5-7-11)13(14-2)12-9-15-16-18-12/h4-7,9,13-14H,3,8H2,1-2H3. The van der Waals surface area contributed by atoms with Crippen LogP contribution >= 0.6 is 11.5 Å². The molecular formula is C13H17N3OS. The SMILES string of the molecule is CCCOc1ccc(C(NC)c2cnns2)cc1. The first-order chi connectivity index (χ1) is 8.85. The Morgan fingerprint density at radius 2 is 2.11 bits per heavy atom. The second kappa shape index (κ2) is 6.47. The van der Waals surface area contributed by atoms with Crippen LogP contribution in [-0.2, 0) is 0 Å². The molecule has 0 aliphatic heterocycles. The summed E-state index contributed by atoms with van der Waals surface area (Å²) in [5.74, 6) is 0.915. The van der Waals surface area contributed by atoms with Gasteiger partial charge in [0.25, 0.3) is 0 Å². The molecule has 0 spiro atoms. The molecule has 1 atom stereocenters. The Balaban J connectivity index is 2.12. The van der Waals surface area contributed by atoms with Crippen LogP contribution < -0.4 is 10.1 Å². The van der Waals surface area contributed by atoms with E-state index in [1.807, 2.05) is 19.2 Å². The van der Waals surface area contributed by atoms with Crippen LogP contribution in [0.1, 0.15) is 29.8 Å². The maximum Gasteiger partial charge on any atom is 0.119 e. The molecule has 0 fully saturated rings. The molecule has 4 nitrogen and oxygen atoms in total. The summed E-state index contributed by atoms with van der Waals surface area (Å²) in [6, 6.07) is 8.30. The summed E-state index contributed by atoms with van der Waals surface area (Å²) >= 11 is 1.41. The lowest BCUT2D eigenvalue weighted by Crippen LogP contribution is -2.16. The minimum Gasteiger partial charge on any atom is -0.494 e. The van der Waals surface area contributed by atoms with Gasteiger partial charge in [-0.15, -0.1) is 5.10 Å². The lowest BCUT2D eigenvalue weighted by molar-refractivity contribution is 0.317. The quantitative estimate of drug-likeness (QED) is 0.870. The number of nitrogens with one attached hydrogen (secondary N) is 1. The van der Waals surface area contributed by atoms with Crippen molar-refractivity contribution in [1.82, 2.24) is 14.9 Å². The molecule has 0 amide bonds. The molecule has 0 radical (unpaired) electrons. The summed E-state index contributed by atoms with van der Waals surface area (Å²) in [5, 5.41) is 7.15. The van der Waals surface area contributed by atoms with E-state index >= 15 is 0 Å². The van der Waals surface area contributed by atoms with Gasteiger partial charge >= 0.3 is 0 Å². The second-order valence-corrected chi connectivity index (χ2v) is 4.78. The Morgan fingerprint density at radius 3 is 2.67 bits per heavy atom. The Morgan fingerprint density at radius 1 is 1.33 bits per heavy atom. The summed E-state index contributed by atoms with van der Waals surface area (Å²) < 4.78 is 9.47. The molecule has 5 heteroatoms. The van der Waals surface area contributed by atoms with Crippen molar-refractivity contribution in [3.63, 3.8) is 0 Å². The van der Waals surface area contributed by atoms with Gasteiger partial charge in [-0.05, 0) is 42.7 Å². The van der Waals surface area contributed by atoms with E-state index in [4.69, 9.17) is 4.74 Å². The number of rotatable bonds is 6. The molecule has 2 aromatic rings. The molecule has 0 saturated carbocycles. The van der Waals surface area contributed by atoms with Gasteiger partial charge in [-0.3, -0.25) is 0 Å². The van der Waals surface area contributed by atoms with Crippen molar-refractivity contribution in [1.29, 1.82) is 0 Å². The average molecular weight is 263 g/mol. The van der Waals surface area contributed by atoms with Crippen LogP contribution in [0.25, 0.3) is 0 Å². The van der Waals surface area contributed by atoms with Crippen LogP contribution in [0.15, 0.2) is 30.5 Å². The van der Waals surface area contributed by atoms with Gasteiger partial charge in [-0.1, -0.05) is 23.5 Å². The third-order valence-corrected chi connectivity index (χ3v) is 3.37.